The van der Waals surface area contributed by atoms with Gasteiger partial charge in [0.1, 0.15) is 4.75 Å². The molecule has 1 aliphatic carbocycles. The maximum absolute atomic E-state index is 12.8. The molecule has 1 amide bonds. The van der Waals surface area contributed by atoms with Gasteiger partial charge in [0.15, 0.2) is 9.84 Å². The van der Waals surface area contributed by atoms with Crippen LogP contribution in [0.4, 0.5) is 0 Å². The standard InChI is InChI=1S/C18H27NO3S/c1-14(17(2,3)15-10-6-5-7-11-15)19-16(20)18(23(4,21)22)12-8-9-13-18/h5-7,10-11,14H,8-9,12-13H2,1-4H3,(H,19,20)/t14-/m0/s1. The summed E-state index contributed by atoms with van der Waals surface area (Å²) < 4.78 is 23.2. The summed E-state index contributed by atoms with van der Waals surface area (Å²) >= 11 is 0. The van der Waals surface area contributed by atoms with Crippen LogP contribution in [0.2, 0.25) is 0 Å². The maximum atomic E-state index is 12.8. The van der Waals surface area contributed by atoms with E-state index < -0.39 is 14.6 Å². The Morgan fingerprint density at radius 2 is 1.70 bits per heavy atom. The van der Waals surface area contributed by atoms with Gasteiger partial charge in [-0.15, -0.1) is 0 Å². The number of sulfone groups is 1. The fourth-order valence-corrected chi connectivity index (χ4v) is 4.76. The van der Waals surface area contributed by atoms with E-state index in [0.717, 1.165) is 18.4 Å². The van der Waals surface area contributed by atoms with Crippen LogP contribution in [-0.4, -0.2) is 31.4 Å². The number of benzene rings is 1. The van der Waals surface area contributed by atoms with Crippen molar-refractivity contribution in [2.75, 3.05) is 6.26 Å². The molecule has 128 valence electrons. The van der Waals surface area contributed by atoms with Crippen LogP contribution < -0.4 is 5.32 Å². The number of rotatable bonds is 5. The number of hydrogen-bond acceptors (Lipinski definition) is 3. The summed E-state index contributed by atoms with van der Waals surface area (Å²) in [4.78, 5) is 12.8. The van der Waals surface area contributed by atoms with E-state index in [1.165, 1.54) is 6.26 Å². The molecule has 0 saturated heterocycles. The zero-order valence-corrected chi connectivity index (χ0v) is 15.2. The molecule has 0 bridgehead atoms. The molecule has 1 aromatic rings. The molecule has 1 fully saturated rings. The van der Waals surface area contributed by atoms with Crippen molar-refractivity contribution < 1.29 is 13.2 Å². The lowest BCUT2D eigenvalue weighted by Gasteiger charge is -2.36. The van der Waals surface area contributed by atoms with Gasteiger partial charge in [-0.1, -0.05) is 57.0 Å². The second-order valence-electron chi connectivity index (χ2n) is 7.26. The summed E-state index contributed by atoms with van der Waals surface area (Å²) in [5.74, 6) is -0.339. The first-order valence-corrected chi connectivity index (χ1v) is 10.1. The topological polar surface area (TPSA) is 63.2 Å². The average Bonchev–Trinajstić information content (AvgIpc) is 2.98. The molecule has 4 nitrogen and oxygen atoms in total. The summed E-state index contributed by atoms with van der Waals surface area (Å²) in [6.45, 7) is 6.07. The molecule has 5 heteroatoms. The van der Waals surface area contributed by atoms with E-state index in [1.807, 2.05) is 37.3 Å². The predicted octanol–water partition coefficient (Wildman–Crippen LogP) is 2.83. The van der Waals surface area contributed by atoms with Gasteiger partial charge in [-0.05, 0) is 25.3 Å². The van der Waals surface area contributed by atoms with Crippen molar-refractivity contribution in [2.24, 2.45) is 0 Å². The molecular formula is C18H27NO3S. The highest BCUT2D eigenvalue weighted by Gasteiger charge is 2.50. The SMILES string of the molecule is C[C@H](NC(=O)C1(S(C)(=O)=O)CCCC1)C(C)(C)c1ccccc1. The maximum Gasteiger partial charge on any atom is 0.241 e. The Hall–Kier alpha value is -1.36. The van der Waals surface area contributed by atoms with Crippen molar-refractivity contribution in [1.29, 1.82) is 0 Å². The van der Waals surface area contributed by atoms with Crippen molar-refractivity contribution in [3.8, 4) is 0 Å². The summed E-state index contributed by atoms with van der Waals surface area (Å²) in [6.07, 6.45) is 3.62. The third-order valence-corrected chi connectivity index (χ3v) is 7.50. The van der Waals surface area contributed by atoms with E-state index in [9.17, 15) is 13.2 Å². The summed E-state index contributed by atoms with van der Waals surface area (Å²) in [7, 11) is -3.43. The van der Waals surface area contributed by atoms with Crippen LogP contribution in [0, 0.1) is 0 Å². The van der Waals surface area contributed by atoms with Crippen LogP contribution in [0.3, 0.4) is 0 Å². The third kappa shape index (κ3) is 3.30. The summed E-state index contributed by atoms with van der Waals surface area (Å²) in [5.41, 5.74) is 0.835. The van der Waals surface area contributed by atoms with Crippen molar-refractivity contribution in [2.45, 2.75) is 62.7 Å². The van der Waals surface area contributed by atoms with Crippen LogP contribution in [-0.2, 0) is 20.0 Å². The Morgan fingerprint density at radius 3 is 2.17 bits per heavy atom. The van der Waals surface area contributed by atoms with Crippen molar-refractivity contribution in [3.63, 3.8) is 0 Å². The second kappa shape index (κ2) is 6.27. The molecule has 0 radical (unpaired) electrons. The molecule has 0 unspecified atom stereocenters. The Kier molecular flexibility index (Phi) is 4.90. The number of hydrogen-bond donors (Lipinski definition) is 1. The largest absolute Gasteiger partial charge is 0.351 e. The number of carbonyl (C=O) groups excluding carboxylic acids is 1. The van der Waals surface area contributed by atoms with Gasteiger partial charge in [0, 0.05) is 17.7 Å². The van der Waals surface area contributed by atoms with E-state index in [0.29, 0.717) is 12.8 Å². The minimum absolute atomic E-state index is 0.170. The molecule has 0 spiro atoms. The zero-order valence-electron chi connectivity index (χ0n) is 14.4. The molecule has 23 heavy (non-hydrogen) atoms. The van der Waals surface area contributed by atoms with E-state index in [-0.39, 0.29) is 17.4 Å². The van der Waals surface area contributed by atoms with Crippen LogP contribution in [0.25, 0.3) is 0 Å². The Morgan fingerprint density at radius 1 is 1.17 bits per heavy atom. The van der Waals surface area contributed by atoms with Gasteiger partial charge in [0.25, 0.3) is 0 Å². The van der Waals surface area contributed by atoms with E-state index >= 15 is 0 Å². The van der Waals surface area contributed by atoms with Gasteiger partial charge >= 0.3 is 0 Å². The summed E-state index contributed by atoms with van der Waals surface area (Å²) in [6, 6.07) is 9.80. The minimum atomic E-state index is -3.43. The smallest absolute Gasteiger partial charge is 0.241 e. The zero-order chi connectivity index (χ0) is 17.3. The second-order valence-corrected chi connectivity index (χ2v) is 9.58. The van der Waals surface area contributed by atoms with Gasteiger partial charge < -0.3 is 5.32 Å². The predicted molar refractivity (Wildman–Crippen MR) is 93.1 cm³/mol. The molecule has 1 N–H and O–H groups in total. The van der Waals surface area contributed by atoms with Crippen LogP contribution in [0.5, 0.6) is 0 Å². The average molecular weight is 337 g/mol. The highest BCUT2D eigenvalue weighted by Crippen LogP contribution is 2.37. The van der Waals surface area contributed by atoms with Crippen molar-refractivity contribution in [1.82, 2.24) is 5.32 Å². The number of carbonyl (C=O) groups is 1. The van der Waals surface area contributed by atoms with E-state index in [1.54, 1.807) is 0 Å². The third-order valence-electron chi connectivity index (χ3n) is 5.48. The molecule has 2 rings (SSSR count). The van der Waals surface area contributed by atoms with Gasteiger partial charge in [-0.2, -0.15) is 0 Å². The number of nitrogens with one attached hydrogen (secondary N) is 1. The van der Waals surface area contributed by atoms with Crippen LogP contribution >= 0.6 is 0 Å². The molecule has 1 saturated carbocycles. The van der Waals surface area contributed by atoms with Crippen LogP contribution in [0.15, 0.2) is 30.3 Å². The fourth-order valence-electron chi connectivity index (χ4n) is 3.34. The molecular weight excluding hydrogens is 310 g/mol. The molecule has 0 heterocycles. The van der Waals surface area contributed by atoms with Gasteiger partial charge in [-0.25, -0.2) is 8.42 Å². The molecule has 1 atom stereocenters. The van der Waals surface area contributed by atoms with Crippen molar-refractivity contribution in [3.05, 3.63) is 35.9 Å². The first kappa shape index (κ1) is 18.0. The Balaban J connectivity index is 2.22. The highest BCUT2D eigenvalue weighted by atomic mass is 32.2. The molecule has 0 aromatic heterocycles. The Labute approximate surface area is 139 Å². The lowest BCUT2D eigenvalue weighted by molar-refractivity contribution is -0.124. The number of amides is 1. The Bertz CT molecular complexity index is 659. The fraction of sp³-hybridized carbons (Fsp3) is 0.611. The summed E-state index contributed by atoms with van der Waals surface area (Å²) in [5, 5.41) is 2.99. The van der Waals surface area contributed by atoms with Gasteiger partial charge in [-0.3, -0.25) is 4.79 Å². The molecule has 1 aliphatic rings. The first-order valence-electron chi connectivity index (χ1n) is 8.17. The monoisotopic (exact) mass is 337 g/mol. The van der Waals surface area contributed by atoms with Crippen molar-refractivity contribution >= 4 is 15.7 Å². The quantitative estimate of drug-likeness (QED) is 0.898. The van der Waals surface area contributed by atoms with Crippen LogP contribution in [0.1, 0.15) is 52.0 Å². The first-order chi connectivity index (χ1) is 10.6. The van der Waals surface area contributed by atoms with E-state index in [4.69, 9.17) is 0 Å². The van der Waals surface area contributed by atoms with E-state index in [2.05, 4.69) is 19.2 Å². The molecule has 1 aromatic carbocycles. The molecule has 0 aliphatic heterocycles. The van der Waals surface area contributed by atoms with Gasteiger partial charge in [0.05, 0.1) is 0 Å². The lowest BCUT2D eigenvalue weighted by atomic mass is 9.78. The normalized spacial score (nSPS) is 19.3. The van der Waals surface area contributed by atoms with Gasteiger partial charge in [0.2, 0.25) is 5.91 Å². The highest BCUT2D eigenvalue weighted by molar-refractivity contribution is 7.92. The lowest BCUT2D eigenvalue weighted by Crippen LogP contribution is -2.56. The minimum Gasteiger partial charge on any atom is -0.351 e.